The molecule has 2 aliphatic heterocycles. The number of urea groups is 1. The highest BCUT2D eigenvalue weighted by Gasteiger charge is 2.18. The molecule has 7 nitrogen and oxygen atoms in total. The number of morpholine rings is 1. The van der Waals surface area contributed by atoms with Crippen molar-refractivity contribution in [1.29, 1.82) is 0 Å². The average Bonchev–Trinajstić information content (AvgIpc) is 3.16. The first-order valence-corrected chi connectivity index (χ1v) is 8.93. The maximum Gasteiger partial charge on any atom is 0.321 e. The van der Waals surface area contributed by atoms with Crippen molar-refractivity contribution < 1.29 is 14.3 Å². The van der Waals surface area contributed by atoms with E-state index in [0.29, 0.717) is 26.2 Å². The summed E-state index contributed by atoms with van der Waals surface area (Å²) in [4.78, 5) is 26.0. The lowest BCUT2D eigenvalue weighted by Gasteiger charge is -2.23. The van der Waals surface area contributed by atoms with E-state index in [4.69, 9.17) is 4.74 Å². The lowest BCUT2D eigenvalue weighted by molar-refractivity contribution is -0.122. The van der Waals surface area contributed by atoms with Crippen molar-refractivity contribution in [3.8, 4) is 0 Å². The van der Waals surface area contributed by atoms with Gasteiger partial charge in [0.15, 0.2) is 0 Å². The molecule has 3 amide bonds. The average molecular weight is 346 g/mol. The fourth-order valence-electron chi connectivity index (χ4n) is 3.13. The number of carbonyl (C=O) groups is 2. The molecule has 3 N–H and O–H groups in total. The molecule has 2 heterocycles. The third-order valence-electron chi connectivity index (χ3n) is 4.49. The summed E-state index contributed by atoms with van der Waals surface area (Å²) in [5, 5.41) is 9.12. The Bertz CT molecular complexity index is 596. The van der Waals surface area contributed by atoms with Gasteiger partial charge in [0.2, 0.25) is 5.91 Å². The first-order chi connectivity index (χ1) is 12.2. The molecular weight excluding hydrogens is 320 g/mol. The molecule has 1 unspecified atom stereocenters. The molecule has 1 aromatic rings. The highest BCUT2D eigenvalue weighted by Crippen LogP contribution is 2.14. The Morgan fingerprint density at radius 3 is 2.88 bits per heavy atom. The number of hydrogen-bond donors (Lipinski definition) is 3. The summed E-state index contributed by atoms with van der Waals surface area (Å²) < 4.78 is 5.35. The van der Waals surface area contributed by atoms with E-state index in [1.54, 1.807) is 0 Å². The smallest absolute Gasteiger partial charge is 0.321 e. The number of likely N-dealkylation sites (tertiary alicyclic amines) is 1. The second-order valence-corrected chi connectivity index (χ2v) is 6.53. The van der Waals surface area contributed by atoms with E-state index >= 15 is 0 Å². The molecule has 0 radical (unpaired) electrons. The molecule has 2 fully saturated rings. The summed E-state index contributed by atoms with van der Waals surface area (Å²) >= 11 is 0. The molecule has 0 aliphatic carbocycles. The van der Waals surface area contributed by atoms with Crippen LogP contribution in [0.5, 0.6) is 0 Å². The minimum absolute atomic E-state index is 0.00509. The third-order valence-corrected chi connectivity index (χ3v) is 4.49. The number of anilines is 1. The monoisotopic (exact) mass is 346 g/mol. The highest BCUT2D eigenvalue weighted by atomic mass is 16.5. The first-order valence-electron chi connectivity index (χ1n) is 8.93. The van der Waals surface area contributed by atoms with Gasteiger partial charge in [-0.2, -0.15) is 0 Å². The van der Waals surface area contributed by atoms with Crippen molar-refractivity contribution in [3.63, 3.8) is 0 Å². The van der Waals surface area contributed by atoms with Crippen LogP contribution in [0.4, 0.5) is 10.5 Å². The number of benzene rings is 1. The van der Waals surface area contributed by atoms with Crippen LogP contribution in [0.3, 0.4) is 0 Å². The molecule has 7 heteroatoms. The Morgan fingerprint density at radius 1 is 1.28 bits per heavy atom. The SMILES string of the molecule is O=C(CC1COCCN1)NCc1cccc(NC(=O)N2CCCC2)c1. The minimum atomic E-state index is -0.0536. The summed E-state index contributed by atoms with van der Waals surface area (Å²) in [6, 6.07) is 7.62. The van der Waals surface area contributed by atoms with Crippen molar-refractivity contribution >= 4 is 17.6 Å². The van der Waals surface area contributed by atoms with Crippen LogP contribution in [0.1, 0.15) is 24.8 Å². The number of carbonyl (C=O) groups excluding carboxylic acids is 2. The van der Waals surface area contributed by atoms with Gasteiger partial charge < -0.3 is 25.6 Å². The fourth-order valence-corrected chi connectivity index (χ4v) is 3.13. The summed E-state index contributed by atoms with van der Waals surface area (Å²) in [7, 11) is 0. The molecule has 0 aromatic heterocycles. The van der Waals surface area contributed by atoms with Gasteiger partial charge in [0.25, 0.3) is 0 Å². The molecule has 0 saturated carbocycles. The lowest BCUT2D eigenvalue weighted by Crippen LogP contribution is -2.44. The van der Waals surface area contributed by atoms with E-state index in [1.165, 1.54) is 0 Å². The Hall–Kier alpha value is -2.12. The quantitative estimate of drug-likeness (QED) is 0.751. The summed E-state index contributed by atoms with van der Waals surface area (Å²) in [5.74, 6) is -0.00509. The Kier molecular flexibility index (Phi) is 6.25. The summed E-state index contributed by atoms with van der Waals surface area (Å²) in [6.45, 7) is 4.15. The largest absolute Gasteiger partial charge is 0.378 e. The van der Waals surface area contributed by atoms with Crippen LogP contribution < -0.4 is 16.0 Å². The highest BCUT2D eigenvalue weighted by molar-refractivity contribution is 5.89. The lowest BCUT2D eigenvalue weighted by atomic mass is 10.1. The molecule has 1 aromatic carbocycles. The summed E-state index contributed by atoms with van der Waals surface area (Å²) in [6.07, 6.45) is 2.55. The van der Waals surface area contributed by atoms with Gasteiger partial charge in [0, 0.05) is 44.3 Å². The second kappa shape index (κ2) is 8.82. The zero-order valence-electron chi connectivity index (χ0n) is 14.4. The Balaban J connectivity index is 1.46. The van der Waals surface area contributed by atoms with E-state index in [0.717, 1.165) is 43.7 Å². The molecule has 136 valence electrons. The fraction of sp³-hybridized carbons (Fsp3) is 0.556. The third kappa shape index (κ3) is 5.44. The van der Waals surface area contributed by atoms with Crippen molar-refractivity contribution in [1.82, 2.24) is 15.5 Å². The number of nitrogens with one attached hydrogen (secondary N) is 3. The maximum absolute atomic E-state index is 12.1. The van der Waals surface area contributed by atoms with Crippen molar-refractivity contribution in [2.45, 2.75) is 31.8 Å². The number of ether oxygens (including phenoxy) is 1. The number of rotatable bonds is 5. The van der Waals surface area contributed by atoms with Gasteiger partial charge in [-0.3, -0.25) is 4.79 Å². The van der Waals surface area contributed by atoms with Crippen LogP contribution in [0.2, 0.25) is 0 Å². The Morgan fingerprint density at radius 2 is 2.12 bits per heavy atom. The topological polar surface area (TPSA) is 82.7 Å². The predicted molar refractivity (Wildman–Crippen MR) is 95.3 cm³/mol. The van der Waals surface area contributed by atoms with Crippen molar-refractivity contribution in [2.24, 2.45) is 0 Å². The van der Waals surface area contributed by atoms with Crippen LogP contribution in [0.15, 0.2) is 24.3 Å². The maximum atomic E-state index is 12.1. The summed E-state index contributed by atoms with van der Waals surface area (Å²) in [5.41, 5.74) is 1.71. The van der Waals surface area contributed by atoms with Gasteiger partial charge in [0.05, 0.1) is 13.2 Å². The van der Waals surface area contributed by atoms with E-state index in [-0.39, 0.29) is 18.0 Å². The van der Waals surface area contributed by atoms with Crippen molar-refractivity contribution in [3.05, 3.63) is 29.8 Å². The van der Waals surface area contributed by atoms with Gasteiger partial charge in [-0.25, -0.2) is 4.79 Å². The molecule has 0 bridgehead atoms. The molecule has 0 spiro atoms. The van der Waals surface area contributed by atoms with Gasteiger partial charge >= 0.3 is 6.03 Å². The van der Waals surface area contributed by atoms with Gasteiger partial charge in [-0.15, -0.1) is 0 Å². The molecule has 3 rings (SSSR count). The number of nitrogens with zero attached hydrogens (tertiary/aromatic N) is 1. The van der Waals surface area contributed by atoms with Gasteiger partial charge in [-0.05, 0) is 30.5 Å². The molecule has 2 aliphatic rings. The molecular formula is C18H26N4O3. The molecule has 1 atom stereocenters. The van der Waals surface area contributed by atoms with Crippen LogP contribution in [-0.4, -0.2) is 55.7 Å². The van der Waals surface area contributed by atoms with Gasteiger partial charge in [0.1, 0.15) is 0 Å². The number of hydrogen-bond acceptors (Lipinski definition) is 4. The zero-order chi connectivity index (χ0) is 17.5. The standard InChI is InChI=1S/C18H26N4O3/c23-17(11-16-13-25-9-6-19-16)20-12-14-4-3-5-15(10-14)21-18(24)22-7-1-2-8-22/h3-5,10,16,19H,1-2,6-9,11-13H2,(H,20,23)(H,21,24). The Labute approximate surface area is 148 Å². The van der Waals surface area contributed by atoms with Crippen molar-refractivity contribution in [2.75, 3.05) is 38.2 Å². The first kappa shape index (κ1) is 17.7. The van der Waals surface area contributed by atoms with E-state index < -0.39 is 0 Å². The normalized spacial score (nSPS) is 20.3. The van der Waals surface area contributed by atoms with E-state index in [9.17, 15) is 9.59 Å². The van der Waals surface area contributed by atoms with E-state index in [1.807, 2.05) is 29.2 Å². The molecule has 2 saturated heterocycles. The van der Waals surface area contributed by atoms with Crippen LogP contribution >= 0.6 is 0 Å². The predicted octanol–water partition coefficient (Wildman–Crippen LogP) is 1.31. The zero-order valence-corrected chi connectivity index (χ0v) is 14.4. The number of amides is 3. The van der Waals surface area contributed by atoms with Gasteiger partial charge in [-0.1, -0.05) is 12.1 Å². The van der Waals surface area contributed by atoms with Crippen LogP contribution in [-0.2, 0) is 16.1 Å². The second-order valence-electron chi connectivity index (χ2n) is 6.53. The molecule has 25 heavy (non-hydrogen) atoms. The van der Waals surface area contributed by atoms with Crippen LogP contribution in [0.25, 0.3) is 0 Å². The minimum Gasteiger partial charge on any atom is -0.378 e. The van der Waals surface area contributed by atoms with E-state index in [2.05, 4.69) is 16.0 Å². The van der Waals surface area contributed by atoms with Crippen LogP contribution in [0, 0.1) is 0 Å².